The Hall–Kier alpha value is -0.550. The minimum absolute atomic E-state index is 0.467. The molecule has 0 heterocycles. The van der Waals surface area contributed by atoms with E-state index in [2.05, 4.69) is 19.9 Å². The van der Waals surface area contributed by atoms with Crippen molar-refractivity contribution >= 4 is 0 Å². The van der Waals surface area contributed by atoms with Crippen molar-refractivity contribution in [2.24, 2.45) is 17.8 Å². The SMILES string of the molecule is CCCCC(CC)CO[C@]1(C#N)CC[C@@H](C2CCCCC2)CC1. The second-order valence-corrected chi connectivity index (χ2v) is 8.07. The Labute approximate surface area is 144 Å². The average Bonchev–Trinajstić information content (AvgIpc) is 2.63. The van der Waals surface area contributed by atoms with Crippen molar-refractivity contribution in [3.8, 4) is 6.07 Å². The summed E-state index contributed by atoms with van der Waals surface area (Å²) in [5.74, 6) is 2.44. The number of hydrogen-bond acceptors (Lipinski definition) is 2. The van der Waals surface area contributed by atoms with Crippen molar-refractivity contribution in [3.63, 3.8) is 0 Å². The number of nitrogens with zero attached hydrogens (tertiary/aromatic N) is 1. The van der Waals surface area contributed by atoms with Crippen LogP contribution >= 0.6 is 0 Å². The summed E-state index contributed by atoms with van der Waals surface area (Å²) < 4.78 is 6.24. The van der Waals surface area contributed by atoms with Crippen LogP contribution < -0.4 is 0 Å². The molecule has 0 aromatic heterocycles. The molecular formula is C21H37NO. The first-order chi connectivity index (χ1) is 11.2. The zero-order chi connectivity index (χ0) is 16.5. The van der Waals surface area contributed by atoms with E-state index in [-0.39, 0.29) is 0 Å². The summed E-state index contributed by atoms with van der Waals surface area (Å²) in [6.45, 7) is 5.29. The van der Waals surface area contributed by atoms with Gasteiger partial charge in [-0.3, -0.25) is 0 Å². The maximum atomic E-state index is 9.72. The average molecular weight is 320 g/mol. The van der Waals surface area contributed by atoms with Gasteiger partial charge in [-0.15, -0.1) is 0 Å². The summed E-state index contributed by atoms with van der Waals surface area (Å²) in [5.41, 5.74) is -0.467. The molecule has 0 N–H and O–H groups in total. The molecule has 0 saturated heterocycles. The van der Waals surface area contributed by atoms with Crippen LogP contribution in [0.15, 0.2) is 0 Å². The summed E-state index contributed by atoms with van der Waals surface area (Å²) in [6.07, 6.45) is 16.5. The summed E-state index contributed by atoms with van der Waals surface area (Å²) in [5, 5.41) is 9.72. The van der Waals surface area contributed by atoms with Crippen LogP contribution in [0.25, 0.3) is 0 Å². The Balaban J connectivity index is 1.79. The van der Waals surface area contributed by atoms with Gasteiger partial charge in [0.05, 0.1) is 12.7 Å². The summed E-state index contributed by atoms with van der Waals surface area (Å²) >= 11 is 0. The van der Waals surface area contributed by atoms with Crippen LogP contribution in [-0.4, -0.2) is 12.2 Å². The molecular weight excluding hydrogens is 282 g/mol. The molecule has 0 aromatic carbocycles. The van der Waals surface area contributed by atoms with Crippen molar-refractivity contribution < 1.29 is 4.74 Å². The third-order valence-electron chi connectivity index (χ3n) is 6.50. The molecule has 2 heteroatoms. The molecule has 1 unspecified atom stereocenters. The second kappa shape index (κ2) is 9.67. The third kappa shape index (κ3) is 5.49. The third-order valence-corrected chi connectivity index (χ3v) is 6.50. The van der Waals surface area contributed by atoms with Crippen LogP contribution in [0.3, 0.4) is 0 Å². The van der Waals surface area contributed by atoms with Gasteiger partial charge >= 0.3 is 0 Å². The van der Waals surface area contributed by atoms with Gasteiger partial charge in [0, 0.05) is 0 Å². The normalized spacial score (nSPS) is 30.7. The van der Waals surface area contributed by atoms with E-state index in [0.717, 1.165) is 31.3 Å². The van der Waals surface area contributed by atoms with Crippen LogP contribution in [0.4, 0.5) is 0 Å². The maximum Gasteiger partial charge on any atom is 0.154 e. The molecule has 0 spiro atoms. The molecule has 2 fully saturated rings. The van der Waals surface area contributed by atoms with Crippen LogP contribution in [0.5, 0.6) is 0 Å². The van der Waals surface area contributed by atoms with Crippen LogP contribution in [0.2, 0.25) is 0 Å². The molecule has 0 bridgehead atoms. The van der Waals surface area contributed by atoms with Gasteiger partial charge in [-0.25, -0.2) is 0 Å². The lowest BCUT2D eigenvalue weighted by atomic mass is 9.70. The van der Waals surface area contributed by atoms with Gasteiger partial charge in [0.1, 0.15) is 0 Å². The van der Waals surface area contributed by atoms with E-state index >= 15 is 0 Å². The standard InChI is InChI=1S/C21H37NO/c1-3-5-9-18(4-2)16-23-21(17-22)14-12-20(13-15-21)19-10-7-6-8-11-19/h18-20H,3-16H2,1-2H3/t18?,20-,21-. The Kier molecular flexibility index (Phi) is 7.90. The van der Waals surface area contributed by atoms with Gasteiger partial charge in [0.2, 0.25) is 0 Å². The van der Waals surface area contributed by atoms with Crippen molar-refractivity contribution in [3.05, 3.63) is 0 Å². The van der Waals surface area contributed by atoms with E-state index in [4.69, 9.17) is 4.74 Å². The molecule has 132 valence electrons. The van der Waals surface area contributed by atoms with E-state index in [1.165, 1.54) is 70.6 Å². The lowest BCUT2D eigenvalue weighted by Crippen LogP contribution is -2.38. The molecule has 23 heavy (non-hydrogen) atoms. The predicted molar refractivity (Wildman–Crippen MR) is 96.1 cm³/mol. The number of hydrogen-bond donors (Lipinski definition) is 0. The highest BCUT2D eigenvalue weighted by molar-refractivity contribution is 5.05. The zero-order valence-corrected chi connectivity index (χ0v) is 15.5. The monoisotopic (exact) mass is 319 g/mol. The number of unbranched alkanes of at least 4 members (excludes halogenated alkanes) is 1. The van der Waals surface area contributed by atoms with Crippen LogP contribution in [0.1, 0.15) is 97.3 Å². The molecule has 2 aliphatic rings. The van der Waals surface area contributed by atoms with Gasteiger partial charge in [-0.1, -0.05) is 65.2 Å². The lowest BCUT2D eigenvalue weighted by Gasteiger charge is -2.39. The molecule has 2 aliphatic carbocycles. The minimum atomic E-state index is -0.467. The van der Waals surface area contributed by atoms with Crippen molar-refractivity contribution in [1.82, 2.24) is 0 Å². The first-order valence-electron chi connectivity index (χ1n) is 10.3. The quantitative estimate of drug-likeness (QED) is 0.529. The van der Waals surface area contributed by atoms with Crippen LogP contribution in [0, 0.1) is 29.1 Å². The second-order valence-electron chi connectivity index (χ2n) is 8.07. The molecule has 0 aromatic rings. The molecule has 0 aliphatic heterocycles. The highest BCUT2D eigenvalue weighted by atomic mass is 16.5. The van der Waals surface area contributed by atoms with Crippen molar-refractivity contribution in [2.75, 3.05) is 6.61 Å². The molecule has 0 radical (unpaired) electrons. The van der Waals surface area contributed by atoms with E-state index < -0.39 is 5.60 Å². The number of ether oxygens (including phenoxy) is 1. The highest BCUT2D eigenvalue weighted by Gasteiger charge is 2.39. The van der Waals surface area contributed by atoms with Gasteiger partial charge in [0.15, 0.2) is 5.60 Å². The highest BCUT2D eigenvalue weighted by Crippen LogP contribution is 2.42. The summed E-state index contributed by atoms with van der Waals surface area (Å²) in [7, 11) is 0. The fraction of sp³-hybridized carbons (Fsp3) is 0.952. The molecule has 2 rings (SSSR count). The summed E-state index contributed by atoms with van der Waals surface area (Å²) in [6, 6.07) is 2.55. The topological polar surface area (TPSA) is 33.0 Å². The smallest absolute Gasteiger partial charge is 0.154 e. The van der Waals surface area contributed by atoms with Crippen molar-refractivity contribution in [2.45, 2.75) is 103 Å². The van der Waals surface area contributed by atoms with Gasteiger partial charge < -0.3 is 4.74 Å². The first-order valence-corrected chi connectivity index (χ1v) is 10.3. The van der Waals surface area contributed by atoms with E-state index in [1.807, 2.05) is 0 Å². The van der Waals surface area contributed by atoms with E-state index in [0.29, 0.717) is 5.92 Å². The van der Waals surface area contributed by atoms with E-state index in [1.54, 1.807) is 0 Å². The van der Waals surface area contributed by atoms with Gasteiger partial charge in [0.25, 0.3) is 0 Å². The molecule has 2 saturated carbocycles. The molecule has 2 nitrogen and oxygen atoms in total. The predicted octanol–water partition coefficient (Wildman–Crippen LogP) is 6.25. The molecule has 1 atom stereocenters. The summed E-state index contributed by atoms with van der Waals surface area (Å²) in [4.78, 5) is 0. The first kappa shape index (κ1) is 18.8. The fourth-order valence-electron chi connectivity index (χ4n) is 4.65. The largest absolute Gasteiger partial charge is 0.360 e. The molecule has 0 amide bonds. The Morgan fingerprint density at radius 1 is 1.04 bits per heavy atom. The zero-order valence-electron chi connectivity index (χ0n) is 15.5. The Morgan fingerprint density at radius 3 is 2.26 bits per heavy atom. The number of rotatable bonds is 8. The Morgan fingerprint density at radius 2 is 1.70 bits per heavy atom. The fourth-order valence-corrected chi connectivity index (χ4v) is 4.65. The van der Waals surface area contributed by atoms with Gasteiger partial charge in [-0.2, -0.15) is 5.26 Å². The van der Waals surface area contributed by atoms with E-state index in [9.17, 15) is 5.26 Å². The van der Waals surface area contributed by atoms with Crippen LogP contribution in [-0.2, 0) is 4.74 Å². The Bertz CT molecular complexity index is 359. The number of nitriles is 1. The minimum Gasteiger partial charge on any atom is -0.360 e. The van der Waals surface area contributed by atoms with Gasteiger partial charge in [-0.05, 0) is 49.9 Å². The maximum absolute atomic E-state index is 9.72. The lowest BCUT2D eigenvalue weighted by molar-refractivity contribution is -0.0588. The van der Waals surface area contributed by atoms with Crippen molar-refractivity contribution in [1.29, 1.82) is 5.26 Å².